The van der Waals surface area contributed by atoms with Crippen LogP contribution >= 0.6 is 0 Å². The molecule has 0 aromatic rings. The van der Waals surface area contributed by atoms with E-state index in [1.807, 2.05) is 19.0 Å². The highest BCUT2D eigenvalue weighted by atomic mass is 16.2. The van der Waals surface area contributed by atoms with Gasteiger partial charge in [0, 0.05) is 26.1 Å². The van der Waals surface area contributed by atoms with Crippen LogP contribution in [0.2, 0.25) is 0 Å². The molecule has 0 heterocycles. The van der Waals surface area contributed by atoms with Crippen molar-refractivity contribution < 1.29 is 4.79 Å². The zero-order valence-electron chi connectivity index (χ0n) is 10.3. The van der Waals surface area contributed by atoms with Crippen LogP contribution < -0.4 is 5.32 Å². The first-order valence-electron chi connectivity index (χ1n) is 6.63. The van der Waals surface area contributed by atoms with E-state index in [0.717, 1.165) is 36.8 Å². The summed E-state index contributed by atoms with van der Waals surface area (Å²) in [6.45, 7) is 1.75. The fraction of sp³-hybridized carbons (Fsp3) is 0.923. The fourth-order valence-electron chi connectivity index (χ4n) is 4.30. The maximum absolute atomic E-state index is 12.2. The normalized spacial score (nSPS) is 43.2. The summed E-state index contributed by atoms with van der Waals surface area (Å²) in [5.41, 5.74) is 0. The van der Waals surface area contributed by atoms with Gasteiger partial charge in [0.2, 0.25) is 5.91 Å². The maximum Gasteiger partial charge on any atom is 0.226 e. The second kappa shape index (κ2) is 3.73. The van der Waals surface area contributed by atoms with Crippen LogP contribution in [0.5, 0.6) is 0 Å². The number of rotatable bonds is 4. The third-order valence-corrected chi connectivity index (χ3v) is 5.09. The van der Waals surface area contributed by atoms with E-state index in [1.54, 1.807) is 0 Å². The van der Waals surface area contributed by atoms with Crippen molar-refractivity contribution in [1.82, 2.24) is 10.2 Å². The van der Waals surface area contributed by atoms with Crippen LogP contribution in [-0.2, 0) is 4.79 Å². The van der Waals surface area contributed by atoms with E-state index in [9.17, 15) is 4.79 Å². The number of amides is 1. The van der Waals surface area contributed by atoms with E-state index in [4.69, 9.17) is 0 Å². The highest BCUT2D eigenvalue weighted by molar-refractivity contribution is 5.82. The molecule has 3 aliphatic carbocycles. The number of nitrogens with one attached hydrogen (secondary N) is 1. The van der Waals surface area contributed by atoms with E-state index >= 15 is 0 Å². The van der Waals surface area contributed by atoms with Gasteiger partial charge in [-0.25, -0.2) is 0 Å². The highest BCUT2D eigenvalue weighted by Gasteiger charge is 2.67. The van der Waals surface area contributed by atoms with Gasteiger partial charge in [0.05, 0.1) is 0 Å². The summed E-state index contributed by atoms with van der Waals surface area (Å²) in [6.07, 6.45) is 4.23. The lowest BCUT2D eigenvalue weighted by Crippen LogP contribution is -2.35. The van der Waals surface area contributed by atoms with Gasteiger partial charge in [-0.05, 0) is 50.0 Å². The third-order valence-electron chi connectivity index (χ3n) is 5.09. The second-order valence-corrected chi connectivity index (χ2v) is 5.88. The molecular formula is C13H22N2O. The molecule has 0 aromatic carbocycles. The fourth-order valence-corrected chi connectivity index (χ4v) is 4.30. The van der Waals surface area contributed by atoms with Crippen molar-refractivity contribution >= 4 is 5.91 Å². The average Bonchev–Trinajstić information content (AvgIpc) is 2.73. The summed E-state index contributed by atoms with van der Waals surface area (Å²) in [5.74, 6) is 4.20. The Morgan fingerprint density at radius 1 is 1.31 bits per heavy atom. The topological polar surface area (TPSA) is 32.3 Å². The first kappa shape index (κ1) is 10.6. The molecule has 3 fully saturated rings. The monoisotopic (exact) mass is 222 g/mol. The first-order valence-corrected chi connectivity index (χ1v) is 6.63. The molecule has 3 saturated carbocycles. The molecule has 0 spiro atoms. The summed E-state index contributed by atoms with van der Waals surface area (Å²) in [7, 11) is 3.89. The van der Waals surface area contributed by atoms with Crippen molar-refractivity contribution in [2.45, 2.75) is 19.3 Å². The number of hydrogen-bond donors (Lipinski definition) is 1. The van der Waals surface area contributed by atoms with Crippen LogP contribution in [0, 0.1) is 29.6 Å². The van der Waals surface area contributed by atoms with Crippen LogP contribution in [0.15, 0.2) is 0 Å². The summed E-state index contributed by atoms with van der Waals surface area (Å²) in [4.78, 5) is 14.2. The number of carbonyl (C=O) groups excluding carboxylic acids is 1. The molecule has 3 nitrogen and oxygen atoms in total. The zero-order chi connectivity index (χ0) is 11.3. The summed E-state index contributed by atoms with van der Waals surface area (Å²) >= 11 is 0. The van der Waals surface area contributed by atoms with Crippen molar-refractivity contribution in [2.24, 2.45) is 29.6 Å². The molecule has 0 aromatic heterocycles. The average molecular weight is 222 g/mol. The Kier molecular flexibility index (Phi) is 2.46. The SMILES string of the molecule is CNCCN(C)C(=O)C1C2C3CCC(C3)C12. The number of hydrogen-bond acceptors (Lipinski definition) is 2. The number of carbonyl (C=O) groups is 1. The lowest BCUT2D eigenvalue weighted by molar-refractivity contribution is -0.132. The highest BCUT2D eigenvalue weighted by Crippen LogP contribution is 2.69. The van der Waals surface area contributed by atoms with E-state index in [-0.39, 0.29) is 0 Å². The van der Waals surface area contributed by atoms with E-state index in [1.165, 1.54) is 19.3 Å². The lowest BCUT2D eigenvalue weighted by atomic mass is 10.0. The molecule has 4 atom stereocenters. The maximum atomic E-state index is 12.2. The van der Waals surface area contributed by atoms with Gasteiger partial charge in [0.25, 0.3) is 0 Å². The molecule has 0 saturated heterocycles. The Balaban J connectivity index is 1.58. The predicted molar refractivity (Wildman–Crippen MR) is 62.9 cm³/mol. The van der Waals surface area contributed by atoms with Gasteiger partial charge >= 0.3 is 0 Å². The van der Waals surface area contributed by atoms with Crippen LogP contribution in [0.4, 0.5) is 0 Å². The minimum Gasteiger partial charge on any atom is -0.344 e. The Labute approximate surface area is 97.6 Å². The van der Waals surface area contributed by atoms with Gasteiger partial charge in [0.1, 0.15) is 0 Å². The standard InChI is InChI=1S/C13H22N2O/c1-14-5-6-15(2)13(16)12-10-8-3-4-9(7-8)11(10)12/h8-12,14H,3-7H2,1-2H3. The largest absolute Gasteiger partial charge is 0.344 e. The minimum absolute atomic E-state index is 0.410. The molecule has 3 aliphatic rings. The van der Waals surface area contributed by atoms with Crippen LogP contribution in [0.25, 0.3) is 0 Å². The summed E-state index contributed by atoms with van der Waals surface area (Å²) in [6, 6.07) is 0. The number of likely N-dealkylation sites (N-methyl/N-ethyl adjacent to an activating group) is 2. The minimum atomic E-state index is 0.410. The molecule has 0 radical (unpaired) electrons. The van der Waals surface area contributed by atoms with Gasteiger partial charge in [0.15, 0.2) is 0 Å². The number of fused-ring (bicyclic) bond motifs is 5. The van der Waals surface area contributed by atoms with Crippen molar-refractivity contribution in [3.8, 4) is 0 Å². The summed E-state index contributed by atoms with van der Waals surface area (Å²) in [5, 5.41) is 3.10. The molecule has 90 valence electrons. The van der Waals surface area contributed by atoms with E-state index in [0.29, 0.717) is 11.8 Å². The van der Waals surface area contributed by atoms with Gasteiger partial charge in [-0.1, -0.05) is 0 Å². The first-order chi connectivity index (χ1) is 7.74. The third kappa shape index (κ3) is 1.41. The quantitative estimate of drug-likeness (QED) is 0.768. The Morgan fingerprint density at radius 3 is 2.50 bits per heavy atom. The van der Waals surface area contributed by atoms with Crippen molar-refractivity contribution in [1.29, 1.82) is 0 Å². The molecular weight excluding hydrogens is 200 g/mol. The van der Waals surface area contributed by atoms with Crippen molar-refractivity contribution in [3.05, 3.63) is 0 Å². The molecule has 4 unspecified atom stereocenters. The smallest absolute Gasteiger partial charge is 0.226 e. The second-order valence-electron chi connectivity index (χ2n) is 5.88. The van der Waals surface area contributed by atoms with Crippen LogP contribution in [0.1, 0.15) is 19.3 Å². The molecule has 3 rings (SSSR count). The number of nitrogens with zero attached hydrogens (tertiary/aromatic N) is 1. The Bertz CT molecular complexity index is 288. The molecule has 0 aliphatic heterocycles. The van der Waals surface area contributed by atoms with E-state index in [2.05, 4.69) is 5.32 Å². The Morgan fingerprint density at radius 2 is 1.94 bits per heavy atom. The van der Waals surface area contributed by atoms with Crippen molar-refractivity contribution in [2.75, 3.05) is 27.2 Å². The molecule has 2 bridgehead atoms. The van der Waals surface area contributed by atoms with Crippen LogP contribution in [-0.4, -0.2) is 38.0 Å². The van der Waals surface area contributed by atoms with Crippen molar-refractivity contribution in [3.63, 3.8) is 0 Å². The molecule has 3 heteroatoms. The Hall–Kier alpha value is -0.570. The predicted octanol–water partition coefficient (Wildman–Crippen LogP) is 0.956. The molecule has 1 amide bonds. The van der Waals surface area contributed by atoms with Gasteiger partial charge in [-0.3, -0.25) is 4.79 Å². The van der Waals surface area contributed by atoms with Gasteiger partial charge in [-0.2, -0.15) is 0 Å². The van der Waals surface area contributed by atoms with Crippen LogP contribution in [0.3, 0.4) is 0 Å². The zero-order valence-corrected chi connectivity index (χ0v) is 10.3. The van der Waals surface area contributed by atoms with E-state index < -0.39 is 0 Å². The van der Waals surface area contributed by atoms with Gasteiger partial charge < -0.3 is 10.2 Å². The van der Waals surface area contributed by atoms with Gasteiger partial charge in [-0.15, -0.1) is 0 Å². The molecule has 1 N–H and O–H groups in total. The lowest BCUT2D eigenvalue weighted by Gasteiger charge is -2.18. The summed E-state index contributed by atoms with van der Waals surface area (Å²) < 4.78 is 0. The molecule has 16 heavy (non-hydrogen) atoms.